The van der Waals surface area contributed by atoms with Crippen molar-refractivity contribution in [3.05, 3.63) is 0 Å². The lowest BCUT2D eigenvalue weighted by Crippen LogP contribution is -2.26. The molecule has 0 atom stereocenters. The monoisotopic (exact) mass is 219 g/mol. The third kappa shape index (κ3) is 9.38. The first kappa shape index (κ1) is 13.3. The maximum atomic E-state index is 11.1. The van der Waals surface area contributed by atoms with Crippen LogP contribution < -0.4 is 5.32 Å². The van der Waals surface area contributed by atoms with Gasteiger partial charge in [0.25, 0.3) is 0 Å². The number of carboxylic acids is 1. The van der Waals surface area contributed by atoms with E-state index in [0.717, 1.165) is 12.2 Å². The average Bonchev–Trinajstić information content (AvgIpc) is 2.13. The van der Waals surface area contributed by atoms with Crippen LogP contribution >= 0.6 is 11.8 Å². The lowest BCUT2D eigenvalue weighted by atomic mass is 10.3. The van der Waals surface area contributed by atoms with Crippen molar-refractivity contribution in [3.8, 4) is 0 Å². The average molecular weight is 219 g/mol. The van der Waals surface area contributed by atoms with Gasteiger partial charge in [-0.1, -0.05) is 6.92 Å². The standard InChI is InChI=1S/C9H17NO3S/c1-2-6-14-7-8(11)10-5-3-4-9(12)13/h2-7H2,1H3,(H,10,11)(H,12,13). The van der Waals surface area contributed by atoms with E-state index in [2.05, 4.69) is 12.2 Å². The van der Waals surface area contributed by atoms with Gasteiger partial charge in [-0.05, 0) is 18.6 Å². The molecule has 0 rings (SSSR count). The number of carboxylic acid groups (broad SMARTS) is 1. The predicted octanol–water partition coefficient (Wildman–Crippen LogP) is 1.11. The van der Waals surface area contributed by atoms with Crippen LogP contribution in [0.2, 0.25) is 0 Å². The SMILES string of the molecule is CCCSCC(=O)NCCCC(=O)O. The number of carbonyl (C=O) groups is 2. The molecule has 0 saturated carbocycles. The van der Waals surface area contributed by atoms with Gasteiger partial charge in [0, 0.05) is 13.0 Å². The summed E-state index contributed by atoms with van der Waals surface area (Å²) in [4.78, 5) is 21.2. The Morgan fingerprint density at radius 2 is 2.14 bits per heavy atom. The minimum atomic E-state index is -0.820. The Morgan fingerprint density at radius 3 is 2.71 bits per heavy atom. The summed E-state index contributed by atoms with van der Waals surface area (Å²) in [6.45, 7) is 2.52. The van der Waals surface area contributed by atoms with Crippen molar-refractivity contribution in [1.82, 2.24) is 5.32 Å². The Kier molecular flexibility index (Phi) is 8.42. The van der Waals surface area contributed by atoms with E-state index >= 15 is 0 Å². The van der Waals surface area contributed by atoms with Gasteiger partial charge in [-0.25, -0.2) is 0 Å². The van der Waals surface area contributed by atoms with Gasteiger partial charge in [0.15, 0.2) is 0 Å². The molecule has 82 valence electrons. The van der Waals surface area contributed by atoms with Crippen LogP contribution in [0.15, 0.2) is 0 Å². The van der Waals surface area contributed by atoms with Gasteiger partial charge in [-0.15, -0.1) is 0 Å². The molecule has 0 aromatic rings. The van der Waals surface area contributed by atoms with Crippen molar-refractivity contribution >= 4 is 23.6 Å². The van der Waals surface area contributed by atoms with Crippen LogP contribution in [0, 0.1) is 0 Å². The number of hydrogen-bond acceptors (Lipinski definition) is 3. The second-order valence-electron chi connectivity index (χ2n) is 2.90. The van der Waals surface area contributed by atoms with Gasteiger partial charge in [-0.2, -0.15) is 11.8 Å². The summed E-state index contributed by atoms with van der Waals surface area (Å²) in [7, 11) is 0. The van der Waals surface area contributed by atoms with E-state index in [0.29, 0.717) is 18.7 Å². The molecule has 1 amide bonds. The normalized spacial score (nSPS) is 9.79. The van der Waals surface area contributed by atoms with Crippen LogP contribution in [0.3, 0.4) is 0 Å². The molecule has 0 unspecified atom stereocenters. The lowest BCUT2D eigenvalue weighted by molar-refractivity contribution is -0.137. The number of thioether (sulfide) groups is 1. The van der Waals surface area contributed by atoms with Crippen molar-refractivity contribution in [2.45, 2.75) is 26.2 Å². The number of nitrogens with one attached hydrogen (secondary N) is 1. The molecule has 4 nitrogen and oxygen atoms in total. The van der Waals surface area contributed by atoms with Crippen molar-refractivity contribution < 1.29 is 14.7 Å². The summed E-state index contributed by atoms with van der Waals surface area (Å²) in [5.74, 6) is 0.636. The van der Waals surface area contributed by atoms with Crippen molar-refractivity contribution in [3.63, 3.8) is 0 Å². The fourth-order valence-electron chi connectivity index (χ4n) is 0.828. The first-order chi connectivity index (χ1) is 6.66. The minimum Gasteiger partial charge on any atom is -0.481 e. The van der Waals surface area contributed by atoms with Crippen LogP contribution in [0.1, 0.15) is 26.2 Å². The van der Waals surface area contributed by atoms with Gasteiger partial charge in [0.1, 0.15) is 0 Å². The van der Waals surface area contributed by atoms with E-state index in [1.54, 1.807) is 11.8 Å². The number of carbonyl (C=O) groups excluding carboxylic acids is 1. The molecule has 0 aliphatic heterocycles. The molecule has 0 fully saturated rings. The third-order valence-corrected chi connectivity index (χ3v) is 2.63. The molecule has 0 radical (unpaired) electrons. The molecule has 0 aromatic carbocycles. The number of aliphatic carboxylic acids is 1. The van der Waals surface area contributed by atoms with E-state index < -0.39 is 5.97 Å². The molecule has 14 heavy (non-hydrogen) atoms. The number of amides is 1. The van der Waals surface area contributed by atoms with Crippen molar-refractivity contribution in [2.24, 2.45) is 0 Å². The maximum Gasteiger partial charge on any atom is 0.303 e. The van der Waals surface area contributed by atoms with Crippen LogP contribution in [0.5, 0.6) is 0 Å². The van der Waals surface area contributed by atoms with Crippen molar-refractivity contribution in [1.29, 1.82) is 0 Å². The molecule has 2 N–H and O–H groups in total. The van der Waals surface area contributed by atoms with E-state index in [1.807, 2.05) is 0 Å². The van der Waals surface area contributed by atoms with Crippen LogP contribution in [-0.4, -0.2) is 35.0 Å². The molecule has 5 heteroatoms. The summed E-state index contributed by atoms with van der Waals surface area (Å²) >= 11 is 1.60. The van der Waals surface area contributed by atoms with Gasteiger partial charge >= 0.3 is 5.97 Å². The van der Waals surface area contributed by atoms with Gasteiger partial charge in [-0.3, -0.25) is 9.59 Å². The summed E-state index contributed by atoms with van der Waals surface area (Å²) in [5, 5.41) is 11.0. The quantitative estimate of drug-likeness (QED) is 0.600. The smallest absolute Gasteiger partial charge is 0.303 e. The predicted molar refractivity (Wildman–Crippen MR) is 57.5 cm³/mol. The fourth-order valence-corrected chi connectivity index (χ4v) is 1.55. The van der Waals surface area contributed by atoms with Gasteiger partial charge in [0.05, 0.1) is 5.75 Å². The first-order valence-corrected chi connectivity index (χ1v) is 5.88. The largest absolute Gasteiger partial charge is 0.481 e. The fraction of sp³-hybridized carbons (Fsp3) is 0.778. The Labute approximate surface area is 88.4 Å². The third-order valence-electron chi connectivity index (χ3n) is 1.47. The number of hydrogen-bond donors (Lipinski definition) is 2. The lowest BCUT2D eigenvalue weighted by Gasteiger charge is -2.03. The molecular formula is C9H17NO3S. The molecule has 0 saturated heterocycles. The molecule has 0 bridgehead atoms. The zero-order chi connectivity index (χ0) is 10.8. The molecule has 0 aromatic heterocycles. The molecule has 0 heterocycles. The van der Waals surface area contributed by atoms with E-state index in [4.69, 9.17) is 5.11 Å². The Bertz CT molecular complexity index is 185. The molecule has 0 spiro atoms. The number of rotatable bonds is 8. The second-order valence-corrected chi connectivity index (χ2v) is 4.01. The summed E-state index contributed by atoms with van der Waals surface area (Å²) < 4.78 is 0. The summed E-state index contributed by atoms with van der Waals surface area (Å²) in [6, 6.07) is 0. The summed E-state index contributed by atoms with van der Waals surface area (Å²) in [6.07, 6.45) is 1.68. The Morgan fingerprint density at radius 1 is 1.43 bits per heavy atom. The minimum absolute atomic E-state index is 0.00570. The van der Waals surface area contributed by atoms with E-state index in [-0.39, 0.29) is 12.3 Å². The Hall–Kier alpha value is -0.710. The van der Waals surface area contributed by atoms with E-state index in [9.17, 15) is 9.59 Å². The first-order valence-electron chi connectivity index (χ1n) is 4.73. The zero-order valence-corrected chi connectivity index (χ0v) is 9.23. The summed E-state index contributed by atoms with van der Waals surface area (Å²) in [5.41, 5.74) is 0. The highest BCUT2D eigenvalue weighted by molar-refractivity contribution is 7.99. The van der Waals surface area contributed by atoms with Gasteiger partial charge < -0.3 is 10.4 Å². The highest BCUT2D eigenvalue weighted by atomic mass is 32.2. The van der Waals surface area contributed by atoms with Crippen LogP contribution in [0.25, 0.3) is 0 Å². The Balaban J connectivity index is 3.22. The molecule has 0 aliphatic rings. The van der Waals surface area contributed by atoms with Crippen molar-refractivity contribution in [2.75, 3.05) is 18.1 Å². The highest BCUT2D eigenvalue weighted by Gasteiger charge is 2.01. The maximum absolute atomic E-state index is 11.1. The van der Waals surface area contributed by atoms with E-state index in [1.165, 1.54) is 0 Å². The van der Waals surface area contributed by atoms with Crippen LogP contribution in [0.4, 0.5) is 0 Å². The second kappa shape index (κ2) is 8.87. The highest BCUT2D eigenvalue weighted by Crippen LogP contribution is 2.00. The molecular weight excluding hydrogens is 202 g/mol. The van der Waals surface area contributed by atoms with Gasteiger partial charge in [0.2, 0.25) is 5.91 Å². The molecule has 0 aliphatic carbocycles. The van der Waals surface area contributed by atoms with Crippen LogP contribution in [-0.2, 0) is 9.59 Å². The topological polar surface area (TPSA) is 66.4 Å². The zero-order valence-electron chi connectivity index (χ0n) is 8.41.